The molecule has 3 rings (SSSR count). The number of carbonyl (C=O) groups is 4. The number of ether oxygens (including phenoxy) is 2. The van der Waals surface area contributed by atoms with E-state index in [-0.39, 0.29) is 42.8 Å². The number of likely N-dealkylation sites (tertiary alicyclic amines) is 1. The number of rotatable bonds is 5. The molecule has 2 aliphatic heterocycles. The molecule has 0 radical (unpaired) electrons. The number of imide groups is 1. The van der Waals surface area contributed by atoms with Gasteiger partial charge >= 0.3 is 11.9 Å². The number of methoxy groups -OCH3 is 2. The summed E-state index contributed by atoms with van der Waals surface area (Å²) in [5.74, 6) is -1.75. The summed E-state index contributed by atoms with van der Waals surface area (Å²) in [6, 6.07) is 6.17. The first-order valence-electron chi connectivity index (χ1n) is 8.82. The van der Waals surface area contributed by atoms with Gasteiger partial charge in [0.05, 0.1) is 31.3 Å². The number of carbonyl (C=O) groups excluding carboxylic acids is 4. The molecule has 27 heavy (non-hydrogen) atoms. The average molecular weight is 374 g/mol. The Morgan fingerprint density at radius 1 is 0.963 bits per heavy atom. The first-order chi connectivity index (χ1) is 13.0. The van der Waals surface area contributed by atoms with Crippen molar-refractivity contribution in [1.29, 1.82) is 0 Å². The van der Waals surface area contributed by atoms with Crippen molar-refractivity contribution in [1.82, 2.24) is 9.80 Å². The molecule has 0 saturated carbocycles. The van der Waals surface area contributed by atoms with Crippen LogP contribution in [0.2, 0.25) is 0 Å². The minimum absolute atomic E-state index is 0.133. The second kappa shape index (κ2) is 7.87. The molecule has 144 valence electrons. The SMILES string of the molecule is COC(=O)[C@@H]1CC[C@H](C(=O)OC)N(CCN2C(=O)c3ccccc3C2=O)C1. The fourth-order valence-electron chi connectivity index (χ4n) is 3.72. The van der Waals surface area contributed by atoms with Crippen molar-refractivity contribution in [3.8, 4) is 0 Å². The maximum absolute atomic E-state index is 12.5. The number of piperidine rings is 1. The van der Waals surface area contributed by atoms with Crippen molar-refractivity contribution in [2.24, 2.45) is 5.92 Å². The number of fused-ring (bicyclic) bond motifs is 1. The van der Waals surface area contributed by atoms with Crippen LogP contribution in [0.4, 0.5) is 0 Å². The topological polar surface area (TPSA) is 93.2 Å². The molecule has 0 aliphatic carbocycles. The van der Waals surface area contributed by atoms with Crippen molar-refractivity contribution in [2.75, 3.05) is 33.9 Å². The van der Waals surface area contributed by atoms with E-state index in [9.17, 15) is 19.2 Å². The van der Waals surface area contributed by atoms with Gasteiger partial charge in [0.2, 0.25) is 0 Å². The highest BCUT2D eigenvalue weighted by Gasteiger charge is 2.39. The van der Waals surface area contributed by atoms with Crippen LogP contribution in [-0.2, 0) is 19.1 Å². The van der Waals surface area contributed by atoms with Gasteiger partial charge in [-0.3, -0.25) is 29.0 Å². The van der Waals surface area contributed by atoms with Crippen molar-refractivity contribution >= 4 is 23.8 Å². The molecule has 2 heterocycles. The second-order valence-corrected chi connectivity index (χ2v) is 6.64. The van der Waals surface area contributed by atoms with Gasteiger partial charge in [-0.05, 0) is 25.0 Å². The Bertz CT molecular complexity index is 742. The van der Waals surface area contributed by atoms with Crippen LogP contribution < -0.4 is 0 Å². The number of esters is 2. The molecule has 2 atom stereocenters. The number of hydrogen-bond acceptors (Lipinski definition) is 7. The zero-order chi connectivity index (χ0) is 19.6. The molecule has 2 amide bonds. The first kappa shape index (κ1) is 19.0. The normalized spacial score (nSPS) is 22.5. The summed E-state index contributed by atoms with van der Waals surface area (Å²) in [6.45, 7) is 0.724. The largest absolute Gasteiger partial charge is 0.469 e. The maximum Gasteiger partial charge on any atom is 0.323 e. The van der Waals surface area contributed by atoms with Gasteiger partial charge in [-0.15, -0.1) is 0 Å². The fourth-order valence-corrected chi connectivity index (χ4v) is 3.72. The molecular formula is C19H22N2O6. The molecule has 8 heteroatoms. The van der Waals surface area contributed by atoms with E-state index < -0.39 is 6.04 Å². The number of benzene rings is 1. The van der Waals surface area contributed by atoms with Crippen LogP contribution >= 0.6 is 0 Å². The molecule has 0 spiro atoms. The Balaban J connectivity index is 1.71. The molecule has 1 saturated heterocycles. The summed E-state index contributed by atoms with van der Waals surface area (Å²) in [7, 11) is 2.65. The lowest BCUT2D eigenvalue weighted by atomic mass is 9.92. The molecular weight excluding hydrogens is 352 g/mol. The quantitative estimate of drug-likeness (QED) is 0.553. The lowest BCUT2D eigenvalue weighted by Gasteiger charge is -2.37. The number of hydrogen-bond donors (Lipinski definition) is 0. The third-order valence-corrected chi connectivity index (χ3v) is 5.18. The first-order valence-corrected chi connectivity index (χ1v) is 8.82. The van der Waals surface area contributed by atoms with Crippen LogP contribution in [0.1, 0.15) is 33.6 Å². The van der Waals surface area contributed by atoms with E-state index in [1.165, 1.54) is 19.1 Å². The standard InChI is InChI=1S/C19H22N2O6/c1-26-18(24)12-7-8-15(19(25)27-2)20(11-12)9-10-21-16(22)13-5-3-4-6-14(13)17(21)23/h3-6,12,15H,7-11H2,1-2H3/t12-,15-/m1/s1. The van der Waals surface area contributed by atoms with Crippen LogP contribution in [0.5, 0.6) is 0 Å². The van der Waals surface area contributed by atoms with Gasteiger partial charge in [0.1, 0.15) is 6.04 Å². The van der Waals surface area contributed by atoms with Crippen LogP contribution in [-0.4, -0.2) is 73.4 Å². The van der Waals surface area contributed by atoms with Crippen molar-refractivity contribution in [3.63, 3.8) is 0 Å². The van der Waals surface area contributed by atoms with E-state index in [0.29, 0.717) is 30.5 Å². The van der Waals surface area contributed by atoms with E-state index in [1.807, 2.05) is 0 Å². The zero-order valence-electron chi connectivity index (χ0n) is 15.3. The van der Waals surface area contributed by atoms with Gasteiger partial charge in [-0.25, -0.2) is 0 Å². The third-order valence-electron chi connectivity index (χ3n) is 5.18. The Morgan fingerprint density at radius 2 is 1.56 bits per heavy atom. The molecule has 1 aromatic carbocycles. The lowest BCUT2D eigenvalue weighted by molar-refractivity contribution is -0.155. The molecule has 0 aromatic heterocycles. The molecule has 2 aliphatic rings. The summed E-state index contributed by atoms with van der Waals surface area (Å²) in [5, 5.41) is 0. The van der Waals surface area contributed by atoms with Gasteiger partial charge in [-0.2, -0.15) is 0 Å². The Morgan fingerprint density at radius 3 is 2.11 bits per heavy atom. The molecule has 0 unspecified atom stereocenters. The minimum Gasteiger partial charge on any atom is -0.469 e. The smallest absolute Gasteiger partial charge is 0.323 e. The van der Waals surface area contributed by atoms with E-state index >= 15 is 0 Å². The van der Waals surface area contributed by atoms with Crippen LogP contribution in [0.25, 0.3) is 0 Å². The van der Waals surface area contributed by atoms with Gasteiger partial charge in [-0.1, -0.05) is 12.1 Å². The number of nitrogens with zero attached hydrogens (tertiary/aromatic N) is 2. The summed E-state index contributed by atoms with van der Waals surface area (Å²) >= 11 is 0. The summed E-state index contributed by atoms with van der Waals surface area (Å²) in [5.41, 5.74) is 0.774. The number of amides is 2. The molecule has 1 aromatic rings. The Hall–Kier alpha value is -2.74. The summed E-state index contributed by atoms with van der Waals surface area (Å²) < 4.78 is 9.68. The highest BCUT2D eigenvalue weighted by atomic mass is 16.5. The van der Waals surface area contributed by atoms with E-state index in [4.69, 9.17) is 9.47 Å². The lowest BCUT2D eigenvalue weighted by Crippen LogP contribution is -2.52. The van der Waals surface area contributed by atoms with Crippen molar-refractivity contribution < 1.29 is 28.7 Å². The van der Waals surface area contributed by atoms with Crippen LogP contribution in [0, 0.1) is 5.92 Å². The van der Waals surface area contributed by atoms with Crippen LogP contribution in [0.3, 0.4) is 0 Å². The maximum atomic E-state index is 12.5. The summed E-state index contributed by atoms with van der Waals surface area (Å²) in [6.07, 6.45) is 0.977. The molecule has 1 fully saturated rings. The average Bonchev–Trinajstić information content (AvgIpc) is 2.95. The molecule has 0 N–H and O–H groups in total. The highest BCUT2D eigenvalue weighted by Crippen LogP contribution is 2.26. The Kier molecular flexibility index (Phi) is 5.55. The fraction of sp³-hybridized carbons (Fsp3) is 0.474. The van der Waals surface area contributed by atoms with Crippen molar-refractivity contribution in [3.05, 3.63) is 35.4 Å². The van der Waals surface area contributed by atoms with Gasteiger partial charge < -0.3 is 9.47 Å². The second-order valence-electron chi connectivity index (χ2n) is 6.64. The summed E-state index contributed by atoms with van der Waals surface area (Å²) in [4.78, 5) is 51.9. The van der Waals surface area contributed by atoms with Gasteiger partial charge in [0.25, 0.3) is 11.8 Å². The Labute approximate surface area is 157 Å². The monoisotopic (exact) mass is 374 g/mol. The molecule has 0 bridgehead atoms. The van der Waals surface area contributed by atoms with Crippen LogP contribution in [0.15, 0.2) is 24.3 Å². The predicted molar refractivity (Wildman–Crippen MR) is 93.9 cm³/mol. The minimum atomic E-state index is -0.508. The van der Waals surface area contributed by atoms with E-state index in [1.54, 1.807) is 29.2 Å². The van der Waals surface area contributed by atoms with Gasteiger partial charge in [0.15, 0.2) is 0 Å². The van der Waals surface area contributed by atoms with Crippen molar-refractivity contribution in [2.45, 2.75) is 18.9 Å². The van der Waals surface area contributed by atoms with Gasteiger partial charge in [0, 0.05) is 19.6 Å². The zero-order valence-corrected chi connectivity index (χ0v) is 15.3. The molecule has 8 nitrogen and oxygen atoms in total. The predicted octanol–water partition coefficient (Wildman–Crippen LogP) is 0.709. The highest BCUT2D eigenvalue weighted by molar-refractivity contribution is 6.21. The van der Waals surface area contributed by atoms with E-state index in [0.717, 1.165) is 0 Å². The third kappa shape index (κ3) is 3.57. The van der Waals surface area contributed by atoms with E-state index in [2.05, 4.69) is 0 Å².